The summed E-state index contributed by atoms with van der Waals surface area (Å²) in [6.07, 6.45) is 8.81. The van der Waals surface area contributed by atoms with Crippen LogP contribution in [-0.2, 0) is 0 Å². The molecular weight excluding hydrogens is 248 g/mol. The van der Waals surface area contributed by atoms with Crippen LogP contribution in [0.2, 0.25) is 0 Å². The molecule has 0 amide bonds. The molecule has 2 N–H and O–H groups in total. The Balaban J connectivity index is 2.28. The SMILES string of the molecule is CN=C(NCCC1=CCCCC1)NCC(C)(C)N(C)C. The van der Waals surface area contributed by atoms with E-state index in [0.717, 1.165) is 25.5 Å². The Morgan fingerprint density at radius 2 is 2.05 bits per heavy atom. The molecule has 0 aromatic rings. The molecule has 0 saturated heterocycles. The molecule has 0 unspecified atom stereocenters. The van der Waals surface area contributed by atoms with Crippen LogP contribution in [-0.4, -0.2) is 50.6 Å². The fourth-order valence-corrected chi connectivity index (χ4v) is 2.15. The Labute approximate surface area is 124 Å². The van der Waals surface area contributed by atoms with Crippen LogP contribution in [0, 0.1) is 0 Å². The van der Waals surface area contributed by atoms with Gasteiger partial charge in [-0.25, -0.2) is 0 Å². The van der Waals surface area contributed by atoms with Crippen molar-refractivity contribution < 1.29 is 0 Å². The lowest BCUT2D eigenvalue weighted by atomic mass is 9.97. The van der Waals surface area contributed by atoms with Gasteiger partial charge in [-0.15, -0.1) is 0 Å². The molecule has 4 nitrogen and oxygen atoms in total. The van der Waals surface area contributed by atoms with Crippen molar-refractivity contribution in [3.63, 3.8) is 0 Å². The minimum atomic E-state index is 0.115. The molecule has 0 atom stereocenters. The molecule has 1 aliphatic carbocycles. The molecule has 1 rings (SSSR count). The van der Waals surface area contributed by atoms with Crippen molar-refractivity contribution in [3.05, 3.63) is 11.6 Å². The molecule has 0 aromatic heterocycles. The Kier molecular flexibility index (Phi) is 7.06. The van der Waals surface area contributed by atoms with Crippen molar-refractivity contribution >= 4 is 5.96 Å². The van der Waals surface area contributed by atoms with Crippen molar-refractivity contribution in [1.82, 2.24) is 15.5 Å². The third-order valence-corrected chi connectivity index (χ3v) is 4.25. The summed E-state index contributed by atoms with van der Waals surface area (Å²) >= 11 is 0. The quantitative estimate of drug-likeness (QED) is 0.446. The first kappa shape index (κ1) is 17.0. The van der Waals surface area contributed by atoms with Crippen LogP contribution in [0.25, 0.3) is 0 Å². The van der Waals surface area contributed by atoms with Gasteiger partial charge in [0, 0.05) is 25.7 Å². The monoisotopic (exact) mass is 280 g/mol. The zero-order chi connectivity index (χ0) is 15.0. The summed E-state index contributed by atoms with van der Waals surface area (Å²) in [6.45, 7) is 6.29. The lowest BCUT2D eigenvalue weighted by Crippen LogP contribution is -2.50. The maximum Gasteiger partial charge on any atom is 0.191 e. The fraction of sp³-hybridized carbons (Fsp3) is 0.812. The minimum Gasteiger partial charge on any atom is -0.356 e. The van der Waals surface area contributed by atoms with Gasteiger partial charge < -0.3 is 15.5 Å². The Bertz CT molecular complexity index is 342. The highest BCUT2D eigenvalue weighted by Gasteiger charge is 2.20. The maximum absolute atomic E-state index is 4.29. The Morgan fingerprint density at radius 3 is 2.60 bits per heavy atom. The van der Waals surface area contributed by atoms with Gasteiger partial charge in [-0.1, -0.05) is 11.6 Å². The van der Waals surface area contributed by atoms with Gasteiger partial charge in [0.15, 0.2) is 5.96 Å². The summed E-state index contributed by atoms with van der Waals surface area (Å²) in [4.78, 5) is 6.51. The highest BCUT2D eigenvalue weighted by molar-refractivity contribution is 5.79. The molecule has 0 fully saturated rings. The van der Waals surface area contributed by atoms with E-state index >= 15 is 0 Å². The zero-order valence-electron chi connectivity index (χ0n) is 13.9. The van der Waals surface area contributed by atoms with E-state index in [-0.39, 0.29) is 5.54 Å². The van der Waals surface area contributed by atoms with Crippen LogP contribution in [0.15, 0.2) is 16.6 Å². The van der Waals surface area contributed by atoms with Crippen LogP contribution in [0.1, 0.15) is 46.0 Å². The molecule has 0 heterocycles. The van der Waals surface area contributed by atoms with Crippen molar-refractivity contribution in [3.8, 4) is 0 Å². The number of hydrogen-bond donors (Lipinski definition) is 2. The van der Waals surface area contributed by atoms with Gasteiger partial charge in [-0.3, -0.25) is 4.99 Å². The van der Waals surface area contributed by atoms with Gasteiger partial charge in [0.05, 0.1) is 0 Å². The zero-order valence-corrected chi connectivity index (χ0v) is 13.9. The lowest BCUT2D eigenvalue weighted by Gasteiger charge is -2.33. The number of aliphatic imine (C=N–C) groups is 1. The van der Waals surface area contributed by atoms with Crippen LogP contribution < -0.4 is 10.6 Å². The number of hydrogen-bond acceptors (Lipinski definition) is 2. The van der Waals surface area contributed by atoms with Gasteiger partial charge in [0.25, 0.3) is 0 Å². The van der Waals surface area contributed by atoms with Gasteiger partial charge in [-0.2, -0.15) is 0 Å². The third kappa shape index (κ3) is 5.95. The minimum absolute atomic E-state index is 0.115. The summed E-state index contributed by atoms with van der Waals surface area (Å²) < 4.78 is 0. The second-order valence-electron chi connectivity index (χ2n) is 6.42. The van der Waals surface area contributed by atoms with E-state index in [0.29, 0.717) is 0 Å². The van der Waals surface area contributed by atoms with Crippen LogP contribution in [0.3, 0.4) is 0 Å². The van der Waals surface area contributed by atoms with Crippen LogP contribution in [0.5, 0.6) is 0 Å². The van der Waals surface area contributed by atoms with Gasteiger partial charge >= 0.3 is 0 Å². The first-order valence-electron chi connectivity index (χ1n) is 7.75. The first-order chi connectivity index (χ1) is 9.45. The Morgan fingerprint density at radius 1 is 1.30 bits per heavy atom. The summed E-state index contributed by atoms with van der Waals surface area (Å²) in [7, 11) is 6.04. The molecule has 20 heavy (non-hydrogen) atoms. The number of nitrogens with one attached hydrogen (secondary N) is 2. The molecule has 4 heteroatoms. The number of guanidine groups is 1. The molecule has 116 valence electrons. The van der Waals surface area contributed by atoms with E-state index in [1.54, 1.807) is 5.57 Å². The predicted molar refractivity (Wildman–Crippen MR) is 88.3 cm³/mol. The van der Waals surface area contributed by atoms with E-state index in [9.17, 15) is 0 Å². The summed E-state index contributed by atoms with van der Waals surface area (Å²) in [6, 6.07) is 0. The maximum atomic E-state index is 4.29. The second-order valence-corrected chi connectivity index (χ2v) is 6.42. The molecule has 0 bridgehead atoms. The molecule has 0 radical (unpaired) electrons. The first-order valence-corrected chi connectivity index (χ1v) is 7.75. The van der Waals surface area contributed by atoms with E-state index < -0.39 is 0 Å². The largest absolute Gasteiger partial charge is 0.356 e. The van der Waals surface area contributed by atoms with Crippen molar-refractivity contribution in [2.45, 2.75) is 51.5 Å². The summed E-state index contributed by atoms with van der Waals surface area (Å²) in [5.41, 5.74) is 1.72. The third-order valence-electron chi connectivity index (χ3n) is 4.25. The number of allylic oxidation sites excluding steroid dienone is 1. The smallest absolute Gasteiger partial charge is 0.191 e. The van der Waals surface area contributed by atoms with Crippen molar-refractivity contribution in [2.24, 2.45) is 4.99 Å². The van der Waals surface area contributed by atoms with Crippen LogP contribution >= 0.6 is 0 Å². The average Bonchev–Trinajstić information content (AvgIpc) is 2.43. The molecule has 0 aliphatic heterocycles. The normalized spacial score (nSPS) is 17.1. The van der Waals surface area contributed by atoms with E-state index in [1.165, 1.54) is 25.7 Å². The number of rotatable bonds is 6. The second kappa shape index (κ2) is 8.30. The average molecular weight is 280 g/mol. The number of likely N-dealkylation sites (N-methyl/N-ethyl adjacent to an activating group) is 1. The lowest BCUT2D eigenvalue weighted by molar-refractivity contribution is 0.197. The highest BCUT2D eigenvalue weighted by Crippen LogP contribution is 2.19. The standard InChI is InChI=1S/C16H32N4/c1-16(2,20(4)5)13-19-15(17-3)18-12-11-14-9-7-6-8-10-14/h9H,6-8,10-13H2,1-5H3,(H2,17,18,19). The van der Waals surface area contributed by atoms with Gasteiger partial charge in [0.2, 0.25) is 0 Å². The molecule has 0 spiro atoms. The Hall–Kier alpha value is -1.03. The summed E-state index contributed by atoms with van der Waals surface area (Å²) in [5.74, 6) is 0.899. The number of nitrogens with zero attached hydrogens (tertiary/aromatic N) is 2. The van der Waals surface area contributed by atoms with Gasteiger partial charge in [0.1, 0.15) is 0 Å². The van der Waals surface area contributed by atoms with E-state index in [2.05, 4.69) is 54.5 Å². The molecule has 0 aromatic carbocycles. The topological polar surface area (TPSA) is 39.7 Å². The van der Waals surface area contributed by atoms with E-state index in [4.69, 9.17) is 0 Å². The molecular formula is C16H32N4. The molecule has 1 aliphatic rings. The summed E-state index contributed by atoms with van der Waals surface area (Å²) in [5, 5.41) is 6.81. The van der Waals surface area contributed by atoms with Crippen LogP contribution in [0.4, 0.5) is 0 Å². The van der Waals surface area contributed by atoms with Crippen molar-refractivity contribution in [1.29, 1.82) is 0 Å². The predicted octanol–water partition coefficient (Wildman–Crippen LogP) is 2.38. The van der Waals surface area contributed by atoms with Crippen molar-refractivity contribution in [2.75, 3.05) is 34.2 Å². The molecule has 0 saturated carbocycles. The highest BCUT2D eigenvalue weighted by atomic mass is 15.2. The van der Waals surface area contributed by atoms with Gasteiger partial charge in [-0.05, 0) is 60.0 Å². The van der Waals surface area contributed by atoms with E-state index in [1.807, 2.05) is 7.05 Å². The fourth-order valence-electron chi connectivity index (χ4n) is 2.15.